The molecule has 2 N–H and O–H groups in total. The molecule has 1 unspecified atom stereocenters. The van der Waals surface area contributed by atoms with E-state index in [0.29, 0.717) is 0 Å². The Morgan fingerprint density at radius 1 is 1.54 bits per heavy atom. The van der Waals surface area contributed by atoms with Gasteiger partial charge in [0.1, 0.15) is 0 Å². The summed E-state index contributed by atoms with van der Waals surface area (Å²) in [6.07, 6.45) is 0. The second kappa shape index (κ2) is 4.54. The predicted molar refractivity (Wildman–Crippen MR) is 47.4 cm³/mol. The Labute approximate surface area is 77.7 Å². The molecular formula is C6H14N2O4S. The summed E-state index contributed by atoms with van der Waals surface area (Å²) in [4.78, 5) is 10.3. The average Bonchev–Trinajstić information content (AvgIpc) is 1.99. The van der Waals surface area contributed by atoms with E-state index >= 15 is 0 Å². The maximum Gasteiger partial charge on any atom is 0.307 e. The van der Waals surface area contributed by atoms with E-state index in [1.807, 2.05) is 0 Å². The highest BCUT2D eigenvalue weighted by atomic mass is 32.2. The van der Waals surface area contributed by atoms with Crippen LogP contribution < -0.4 is 4.72 Å². The first-order valence-corrected chi connectivity index (χ1v) is 5.11. The average molecular weight is 210 g/mol. The van der Waals surface area contributed by atoms with Gasteiger partial charge in [0, 0.05) is 20.6 Å². The standard InChI is InChI=1S/C6H14N2O4S/c1-5(6(9)10)4-7-13(11,12)8(2)3/h5,7H,4H2,1-3H3,(H,9,10). The van der Waals surface area contributed by atoms with Crippen LogP contribution in [-0.2, 0) is 15.0 Å². The van der Waals surface area contributed by atoms with Crippen LogP contribution >= 0.6 is 0 Å². The van der Waals surface area contributed by atoms with Crippen LogP contribution in [0.15, 0.2) is 0 Å². The number of aliphatic carboxylic acids is 1. The van der Waals surface area contributed by atoms with Crippen molar-refractivity contribution >= 4 is 16.2 Å². The van der Waals surface area contributed by atoms with Gasteiger partial charge in [0.05, 0.1) is 5.92 Å². The predicted octanol–water partition coefficient (Wildman–Crippen LogP) is -0.897. The van der Waals surface area contributed by atoms with Gasteiger partial charge in [-0.05, 0) is 0 Å². The largest absolute Gasteiger partial charge is 0.481 e. The molecule has 1 atom stereocenters. The summed E-state index contributed by atoms with van der Waals surface area (Å²) in [5.74, 6) is -1.75. The lowest BCUT2D eigenvalue weighted by molar-refractivity contribution is -0.140. The molecule has 7 heteroatoms. The molecule has 0 aliphatic rings. The van der Waals surface area contributed by atoms with Crippen molar-refractivity contribution in [2.24, 2.45) is 5.92 Å². The molecule has 0 spiro atoms. The highest BCUT2D eigenvalue weighted by molar-refractivity contribution is 7.87. The van der Waals surface area contributed by atoms with Crippen LogP contribution in [0.3, 0.4) is 0 Å². The highest BCUT2D eigenvalue weighted by Crippen LogP contribution is 1.95. The van der Waals surface area contributed by atoms with Gasteiger partial charge in [0.15, 0.2) is 0 Å². The summed E-state index contributed by atoms with van der Waals surface area (Å²) in [6.45, 7) is 1.33. The molecule has 78 valence electrons. The van der Waals surface area contributed by atoms with Crippen LogP contribution in [0.2, 0.25) is 0 Å². The Kier molecular flexibility index (Phi) is 4.31. The summed E-state index contributed by atoms with van der Waals surface area (Å²) in [6, 6.07) is 0. The summed E-state index contributed by atoms with van der Waals surface area (Å²) in [5, 5.41) is 8.47. The zero-order valence-electron chi connectivity index (χ0n) is 7.81. The molecule has 6 nitrogen and oxygen atoms in total. The highest BCUT2D eigenvalue weighted by Gasteiger charge is 2.17. The molecule has 0 aliphatic carbocycles. The van der Waals surface area contributed by atoms with E-state index in [0.717, 1.165) is 4.31 Å². The molecule has 0 fully saturated rings. The van der Waals surface area contributed by atoms with Crippen LogP contribution in [0.5, 0.6) is 0 Å². The minimum Gasteiger partial charge on any atom is -0.481 e. The lowest BCUT2D eigenvalue weighted by Gasteiger charge is -2.13. The van der Waals surface area contributed by atoms with Crippen molar-refractivity contribution < 1.29 is 18.3 Å². The van der Waals surface area contributed by atoms with Crippen molar-refractivity contribution in [2.75, 3.05) is 20.6 Å². The van der Waals surface area contributed by atoms with E-state index in [9.17, 15) is 13.2 Å². The van der Waals surface area contributed by atoms with Gasteiger partial charge in [0.25, 0.3) is 10.2 Å². The summed E-state index contributed by atoms with van der Waals surface area (Å²) >= 11 is 0. The van der Waals surface area contributed by atoms with Gasteiger partial charge >= 0.3 is 5.97 Å². The molecule has 13 heavy (non-hydrogen) atoms. The van der Waals surface area contributed by atoms with E-state index in [4.69, 9.17) is 5.11 Å². The van der Waals surface area contributed by atoms with Crippen molar-refractivity contribution in [3.8, 4) is 0 Å². The second-order valence-corrected chi connectivity index (χ2v) is 4.84. The smallest absolute Gasteiger partial charge is 0.307 e. The number of hydrogen-bond acceptors (Lipinski definition) is 3. The van der Waals surface area contributed by atoms with Gasteiger partial charge in [-0.25, -0.2) is 4.72 Å². The van der Waals surface area contributed by atoms with Gasteiger partial charge in [-0.3, -0.25) is 4.79 Å². The van der Waals surface area contributed by atoms with Crippen LogP contribution in [0.25, 0.3) is 0 Å². The van der Waals surface area contributed by atoms with Crippen LogP contribution in [0, 0.1) is 5.92 Å². The summed E-state index contributed by atoms with van der Waals surface area (Å²) < 4.78 is 25.3. The maximum atomic E-state index is 11.1. The maximum absolute atomic E-state index is 11.1. The number of carboxylic acids is 1. The molecule has 0 bridgehead atoms. The van der Waals surface area contributed by atoms with Crippen molar-refractivity contribution in [3.63, 3.8) is 0 Å². The fourth-order valence-corrected chi connectivity index (χ4v) is 1.17. The van der Waals surface area contributed by atoms with Crippen LogP contribution in [0.1, 0.15) is 6.92 Å². The second-order valence-electron chi connectivity index (χ2n) is 2.88. The van der Waals surface area contributed by atoms with Gasteiger partial charge < -0.3 is 5.11 Å². The molecule has 0 aromatic rings. The van der Waals surface area contributed by atoms with Gasteiger partial charge in [-0.2, -0.15) is 12.7 Å². The minimum atomic E-state index is -3.51. The Morgan fingerprint density at radius 2 is 2.00 bits per heavy atom. The monoisotopic (exact) mass is 210 g/mol. The van der Waals surface area contributed by atoms with E-state index in [1.165, 1.54) is 21.0 Å². The van der Waals surface area contributed by atoms with Gasteiger partial charge in [0.2, 0.25) is 0 Å². The van der Waals surface area contributed by atoms with Gasteiger partial charge in [-0.1, -0.05) is 6.92 Å². The summed E-state index contributed by atoms with van der Waals surface area (Å²) in [5.41, 5.74) is 0. The Balaban J connectivity index is 4.11. The number of nitrogens with one attached hydrogen (secondary N) is 1. The van der Waals surface area contributed by atoms with Gasteiger partial charge in [-0.15, -0.1) is 0 Å². The third kappa shape index (κ3) is 4.20. The molecule has 0 aliphatic heterocycles. The quantitative estimate of drug-likeness (QED) is 0.616. The lowest BCUT2D eigenvalue weighted by Crippen LogP contribution is -2.39. The molecule has 0 saturated carbocycles. The lowest BCUT2D eigenvalue weighted by atomic mass is 10.2. The Bertz CT molecular complexity index is 272. The molecule has 0 heterocycles. The van der Waals surface area contributed by atoms with Crippen LogP contribution in [0.4, 0.5) is 0 Å². The molecule has 0 rings (SSSR count). The zero-order chi connectivity index (χ0) is 10.6. The van der Waals surface area contributed by atoms with E-state index < -0.39 is 22.1 Å². The van der Waals surface area contributed by atoms with Crippen molar-refractivity contribution in [3.05, 3.63) is 0 Å². The number of hydrogen-bond donors (Lipinski definition) is 2. The third-order valence-electron chi connectivity index (χ3n) is 1.47. The number of rotatable bonds is 5. The third-order valence-corrected chi connectivity index (χ3v) is 2.97. The number of carbonyl (C=O) groups is 1. The normalized spacial score (nSPS) is 14.5. The molecule has 0 aromatic carbocycles. The molecule has 0 saturated heterocycles. The van der Waals surface area contributed by atoms with Crippen molar-refractivity contribution in [1.82, 2.24) is 9.03 Å². The minimum absolute atomic E-state index is 0.101. The van der Waals surface area contributed by atoms with Crippen LogP contribution in [-0.4, -0.2) is 44.4 Å². The molecular weight excluding hydrogens is 196 g/mol. The fourth-order valence-electron chi connectivity index (χ4n) is 0.447. The molecule has 0 amide bonds. The first-order chi connectivity index (χ1) is 5.77. The van der Waals surface area contributed by atoms with E-state index in [2.05, 4.69) is 4.72 Å². The first kappa shape index (κ1) is 12.3. The number of nitrogens with zero attached hydrogens (tertiary/aromatic N) is 1. The molecule has 0 aromatic heterocycles. The number of carboxylic acid groups (broad SMARTS) is 1. The Hall–Kier alpha value is -0.660. The van der Waals surface area contributed by atoms with E-state index in [-0.39, 0.29) is 6.54 Å². The van der Waals surface area contributed by atoms with Crippen molar-refractivity contribution in [2.45, 2.75) is 6.92 Å². The Morgan fingerprint density at radius 3 is 2.31 bits per heavy atom. The summed E-state index contributed by atoms with van der Waals surface area (Å²) in [7, 11) is -0.769. The zero-order valence-corrected chi connectivity index (χ0v) is 8.63. The van der Waals surface area contributed by atoms with Crippen molar-refractivity contribution in [1.29, 1.82) is 0 Å². The van der Waals surface area contributed by atoms with E-state index in [1.54, 1.807) is 0 Å². The first-order valence-electron chi connectivity index (χ1n) is 3.67. The topological polar surface area (TPSA) is 86.7 Å². The SMILES string of the molecule is CC(CNS(=O)(=O)N(C)C)C(=O)O. The fraction of sp³-hybridized carbons (Fsp3) is 0.833. The molecule has 0 radical (unpaired) electrons.